The third kappa shape index (κ3) is 7.28. The molecule has 1 amide bonds. The summed E-state index contributed by atoms with van der Waals surface area (Å²) in [5, 5.41) is 16.6. The monoisotopic (exact) mass is 645 g/mol. The minimum absolute atomic E-state index is 0.108. The van der Waals surface area contributed by atoms with Gasteiger partial charge in [-0.05, 0) is 61.2 Å². The van der Waals surface area contributed by atoms with Gasteiger partial charge in [-0.1, -0.05) is 41.4 Å². The fraction of sp³-hybridized carbons (Fsp3) is 0.344. The van der Waals surface area contributed by atoms with Crippen LogP contribution < -0.4 is 19.7 Å². The molecule has 3 aromatic rings. The van der Waals surface area contributed by atoms with Gasteiger partial charge >= 0.3 is 12.3 Å². The molecule has 1 aliphatic heterocycles. The van der Waals surface area contributed by atoms with E-state index >= 15 is 0 Å². The summed E-state index contributed by atoms with van der Waals surface area (Å²) in [4.78, 5) is 31.9. The van der Waals surface area contributed by atoms with Gasteiger partial charge in [-0.2, -0.15) is 0 Å². The van der Waals surface area contributed by atoms with E-state index in [0.29, 0.717) is 45.5 Å². The van der Waals surface area contributed by atoms with E-state index in [1.54, 1.807) is 55.5 Å². The van der Waals surface area contributed by atoms with Crippen LogP contribution in [0.4, 0.5) is 24.5 Å². The average Bonchev–Trinajstić information content (AvgIpc) is 3.32. The number of benzene rings is 3. The number of amides is 1. The number of anilines is 2. The highest BCUT2D eigenvalue weighted by Gasteiger charge is 2.49. The highest BCUT2D eigenvalue weighted by Crippen LogP contribution is 2.54. The Bertz CT molecular complexity index is 1610. The fourth-order valence-electron chi connectivity index (χ4n) is 5.68. The van der Waals surface area contributed by atoms with Crippen LogP contribution in [0, 0.1) is 0 Å². The first-order valence-corrected chi connectivity index (χ1v) is 14.6. The van der Waals surface area contributed by atoms with Crippen molar-refractivity contribution in [3.63, 3.8) is 0 Å². The summed E-state index contributed by atoms with van der Waals surface area (Å²) in [6, 6.07) is 15.1. The summed E-state index contributed by atoms with van der Waals surface area (Å²) in [6.45, 7) is 1.90. The molecular weight excluding hydrogens is 615 g/mol. The summed E-state index contributed by atoms with van der Waals surface area (Å²) in [5.41, 5.74) is 2.97. The fourth-order valence-corrected chi connectivity index (χ4v) is 5.81. The predicted octanol–water partition coefficient (Wildman–Crippen LogP) is 7.08. The van der Waals surface area contributed by atoms with Crippen LogP contribution in [0.3, 0.4) is 0 Å². The quantitative estimate of drug-likeness (QED) is 0.130. The largest absolute Gasteiger partial charge is 0.573 e. The highest BCUT2D eigenvalue weighted by atomic mass is 35.5. The molecule has 45 heavy (non-hydrogen) atoms. The SMILES string of the molecule is COc1cc(NC(C(=O)N2CC3(CCC3)c3ccc(OC(F)(F)F)cc32)c2ccc(Cl)cc2)cc(/C(C)=N/OCCC(=O)O)c1. The standard InChI is InChI=1S/C32H31ClF3N3O6/c1-19(38-44-13-10-28(40)41)21-14-23(16-25(15-21)43-2)37-29(20-4-6-22(33)7-5-20)30(42)39-18-31(11-3-12-31)26-9-8-24(17-27(26)39)45-32(34,35)36/h4-9,14-17,29,37H,3,10-13,18H2,1-2H3,(H,40,41)/b38-19+. The normalized spacial score (nSPS) is 16.0. The van der Waals surface area contributed by atoms with E-state index < -0.39 is 24.1 Å². The zero-order valence-corrected chi connectivity index (χ0v) is 25.2. The predicted molar refractivity (Wildman–Crippen MR) is 162 cm³/mol. The molecule has 2 N–H and O–H groups in total. The van der Waals surface area contributed by atoms with Crippen molar-refractivity contribution < 1.29 is 42.2 Å². The van der Waals surface area contributed by atoms with Crippen molar-refractivity contribution >= 4 is 40.6 Å². The van der Waals surface area contributed by atoms with Crippen molar-refractivity contribution in [2.45, 2.75) is 50.4 Å². The van der Waals surface area contributed by atoms with Crippen LogP contribution in [-0.4, -0.2) is 49.3 Å². The maximum absolute atomic E-state index is 14.5. The topological polar surface area (TPSA) is 110 Å². The second kappa shape index (κ2) is 12.9. The van der Waals surface area contributed by atoms with Crippen molar-refractivity contribution in [1.82, 2.24) is 0 Å². The Labute approximate surface area is 262 Å². The molecule has 1 saturated carbocycles. The van der Waals surface area contributed by atoms with Crippen LogP contribution in [0.15, 0.2) is 65.8 Å². The number of fused-ring (bicyclic) bond motifs is 2. The van der Waals surface area contributed by atoms with Gasteiger partial charge in [0, 0.05) is 40.4 Å². The maximum Gasteiger partial charge on any atom is 0.573 e. The molecule has 5 rings (SSSR count). The number of ether oxygens (including phenoxy) is 2. The number of hydrogen-bond acceptors (Lipinski definition) is 7. The van der Waals surface area contributed by atoms with Gasteiger partial charge in [-0.3, -0.25) is 9.59 Å². The van der Waals surface area contributed by atoms with E-state index in [9.17, 15) is 22.8 Å². The second-order valence-corrected chi connectivity index (χ2v) is 11.5. The summed E-state index contributed by atoms with van der Waals surface area (Å²) in [5.74, 6) is -1.34. The molecule has 1 atom stereocenters. The van der Waals surface area contributed by atoms with Crippen LogP contribution in [0.1, 0.15) is 55.3 Å². The van der Waals surface area contributed by atoms with Gasteiger partial charge in [-0.25, -0.2) is 0 Å². The number of rotatable bonds is 11. The summed E-state index contributed by atoms with van der Waals surface area (Å²) >= 11 is 6.15. The summed E-state index contributed by atoms with van der Waals surface area (Å²) < 4.78 is 49.0. The lowest BCUT2D eigenvalue weighted by molar-refractivity contribution is -0.274. The number of oxime groups is 1. The number of carboxylic acids is 1. The number of alkyl halides is 3. The van der Waals surface area contributed by atoms with Crippen LogP contribution >= 0.6 is 11.6 Å². The van der Waals surface area contributed by atoms with Gasteiger partial charge in [0.25, 0.3) is 5.91 Å². The molecule has 1 unspecified atom stereocenters. The molecule has 1 heterocycles. The van der Waals surface area contributed by atoms with Crippen LogP contribution in [0.25, 0.3) is 0 Å². The molecule has 13 heteroatoms. The Morgan fingerprint density at radius 3 is 2.44 bits per heavy atom. The summed E-state index contributed by atoms with van der Waals surface area (Å²) in [6.07, 6.45) is -2.51. The van der Waals surface area contributed by atoms with Gasteiger partial charge in [0.1, 0.15) is 24.1 Å². The van der Waals surface area contributed by atoms with E-state index in [2.05, 4.69) is 15.2 Å². The maximum atomic E-state index is 14.5. The zero-order chi connectivity index (χ0) is 32.4. The van der Waals surface area contributed by atoms with E-state index in [4.69, 9.17) is 26.3 Å². The molecule has 3 aromatic carbocycles. The third-order valence-corrected chi connectivity index (χ3v) is 8.28. The number of nitrogens with one attached hydrogen (secondary N) is 1. The Hall–Kier alpha value is -4.45. The Morgan fingerprint density at radius 1 is 1.09 bits per heavy atom. The Morgan fingerprint density at radius 2 is 1.82 bits per heavy atom. The zero-order valence-electron chi connectivity index (χ0n) is 24.5. The number of aliphatic carboxylic acids is 1. The average molecular weight is 646 g/mol. The Balaban J connectivity index is 1.50. The molecule has 0 saturated heterocycles. The van der Waals surface area contributed by atoms with E-state index in [0.717, 1.165) is 24.8 Å². The molecular formula is C32H31ClF3N3O6. The Kier molecular flexibility index (Phi) is 9.15. The first kappa shape index (κ1) is 32.0. The smallest absolute Gasteiger partial charge is 0.497 e. The number of carbonyl (C=O) groups is 2. The van der Waals surface area contributed by atoms with E-state index in [1.807, 2.05) is 0 Å². The lowest BCUT2D eigenvalue weighted by atomic mass is 9.66. The molecule has 0 bridgehead atoms. The lowest BCUT2D eigenvalue weighted by Crippen LogP contribution is -2.44. The highest BCUT2D eigenvalue weighted by molar-refractivity contribution is 6.30. The van der Waals surface area contributed by atoms with Crippen molar-refractivity contribution in [2.24, 2.45) is 5.16 Å². The number of methoxy groups -OCH3 is 1. The molecule has 0 aromatic heterocycles. The van der Waals surface area contributed by atoms with Gasteiger partial charge in [0.05, 0.1) is 24.9 Å². The second-order valence-electron chi connectivity index (χ2n) is 11.0. The lowest BCUT2D eigenvalue weighted by Gasteiger charge is -2.39. The van der Waals surface area contributed by atoms with E-state index in [1.165, 1.54) is 24.1 Å². The van der Waals surface area contributed by atoms with Crippen molar-refractivity contribution in [3.8, 4) is 11.5 Å². The minimum atomic E-state index is -4.88. The number of carboxylic acid groups (broad SMARTS) is 1. The number of nitrogens with zero attached hydrogens (tertiary/aromatic N) is 2. The number of halogens is 4. The number of carbonyl (C=O) groups excluding carboxylic acids is 1. The van der Waals surface area contributed by atoms with Gasteiger partial charge < -0.3 is 29.6 Å². The van der Waals surface area contributed by atoms with E-state index in [-0.39, 0.29) is 24.3 Å². The van der Waals surface area contributed by atoms with Gasteiger partial charge in [-0.15, -0.1) is 13.2 Å². The molecule has 1 spiro atoms. The third-order valence-electron chi connectivity index (χ3n) is 8.03. The van der Waals surface area contributed by atoms with Crippen LogP contribution in [0.5, 0.6) is 11.5 Å². The molecule has 1 fully saturated rings. The number of hydrogen-bond donors (Lipinski definition) is 2. The molecule has 9 nitrogen and oxygen atoms in total. The van der Waals surface area contributed by atoms with Crippen molar-refractivity contribution in [2.75, 3.05) is 30.5 Å². The molecule has 0 radical (unpaired) electrons. The first-order valence-electron chi connectivity index (χ1n) is 14.2. The van der Waals surface area contributed by atoms with Gasteiger partial charge in [0.15, 0.2) is 0 Å². The molecule has 2 aliphatic rings. The van der Waals surface area contributed by atoms with Crippen molar-refractivity contribution in [3.05, 3.63) is 82.4 Å². The molecule has 1 aliphatic carbocycles. The first-order chi connectivity index (χ1) is 21.4. The minimum Gasteiger partial charge on any atom is -0.497 e. The van der Waals surface area contributed by atoms with Crippen LogP contribution in [-0.2, 0) is 19.8 Å². The van der Waals surface area contributed by atoms with Crippen LogP contribution in [0.2, 0.25) is 5.02 Å². The van der Waals surface area contributed by atoms with Gasteiger partial charge in [0.2, 0.25) is 0 Å². The van der Waals surface area contributed by atoms with Crippen molar-refractivity contribution in [1.29, 1.82) is 0 Å². The summed E-state index contributed by atoms with van der Waals surface area (Å²) in [7, 11) is 1.49. The molecule has 238 valence electrons.